The number of benzene rings is 2. The van der Waals surface area contributed by atoms with Gasteiger partial charge in [-0.15, -0.1) is 0 Å². The van der Waals surface area contributed by atoms with E-state index in [9.17, 15) is 14.7 Å². The monoisotopic (exact) mass is 333 g/mol. The molecule has 2 aromatic carbocycles. The molecule has 2 N–H and O–H groups in total. The summed E-state index contributed by atoms with van der Waals surface area (Å²) in [6.07, 6.45) is 0. The van der Waals surface area contributed by atoms with Crippen molar-refractivity contribution in [3.63, 3.8) is 0 Å². The molecule has 0 radical (unpaired) electrons. The molecule has 1 aromatic heterocycles. The minimum absolute atomic E-state index is 0.0292. The molecule has 4 nitrogen and oxygen atoms in total. The van der Waals surface area contributed by atoms with E-state index in [0.29, 0.717) is 26.7 Å². The summed E-state index contributed by atoms with van der Waals surface area (Å²) in [6, 6.07) is 10.8. The number of H-pyrrole nitrogens is 1. The van der Waals surface area contributed by atoms with Crippen LogP contribution in [0, 0.1) is 0 Å². The van der Waals surface area contributed by atoms with Crippen LogP contribution < -0.4 is 5.43 Å². The van der Waals surface area contributed by atoms with E-state index in [1.807, 2.05) is 0 Å². The number of carbonyl (C=O) groups is 1. The van der Waals surface area contributed by atoms with Crippen LogP contribution in [-0.2, 0) is 0 Å². The summed E-state index contributed by atoms with van der Waals surface area (Å²) in [5.74, 6) is -1.11. The summed E-state index contributed by atoms with van der Waals surface area (Å²) in [6.45, 7) is 0. The van der Waals surface area contributed by atoms with Crippen LogP contribution in [0.3, 0.4) is 0 Å². The molecule has 0 aliphatic heterocycles. The van der Waals surface area contributed by atoms with Gasteiger partial charge >= 0.3 is 5.97 Å². The number of hydrogen-bond acceptors (Lipinski definition) is 2. The van der Waals surface area contributed by atoms with E-state index in [2.05, 4.69) is 4.98 Å². The number of aromatic carboxylic acids is 1. The first kappa shape index (κ1) is 14.6. The van der Waals surface area contributed by atoms with E-state index < -0.39 is 5.97 Å². The molecule has 0 saturated heterocycles. The maximum atomic E-state index is 12.2. The fourth-order valence-electron chi connectivity index (χ4n) is 2.30. The predicted molar refractivity (Wildman–Crippen MR) is 87.0 cm³/mol. The summed E-state index contributed by atoms with van der Waals surface area (Å²) in [5, 5.41) is 10.4. The minimum Gasteiger partial charge on any atom is -0.478 e. The van der Waals surface area contributed by atoms with Gasteiger partial charge in [-0.25, -0.2) is 4.79 Å². The molecule has 0 spiro atoms. The highest BCUT2D eigenvalue weighted by Gasteiger charge is 2.13. The van der Waals surface area contributed by atoms with Crippen molar-refractivity contribution in [3.05, 3.63) is 68.3 Å². The average Bonchev–Trinajstić information content (AvgIpc) is 2.46. The van der Waals surface area contributed by atoms with E-state index in [4.69, 9.17) is 23.2 Å². The highest BCUT2D eigenvalue weighted by molar-refractivity contribution is 6.36. The van der Waals surface area contributed by atoms with Crippen molar-refractivity contribution in [2.45, 2.75) is 0 Å². The first-order valence-corrected chi connectivity index (χ1v) is 7.08. The van der Waals surface area contributed by atoms with E-state index in [1.54, 1.807) is 24.3 Å². The lowest BCUT2D eigenvalue weighted by Crippen LogP contribution is -2.07. The van der Waals surface area contributed by atoms with E-state index in [-0.39, 0.29) is 16.5 Å². The second-order valence-electron chi connectivity index (χ2n) is 4.70. The highest BCUT2D eigenvalue weighted by Crippen LogP contribution is 2.29. The number of carboxylic acids is 1. The summed E-state index contributed by atoms with van der Waals surface area (Å²) in [7, 11) is 0. The second kappa shape index (κ2) is 5.48. The normalized spacial score (nSPS) is 10.8. The molecule has 0 fully saturated rings. The number of nitrogens with one attached hydrogen (secondary N) is 1. The molecule has 6 heteroatoms. The van der Waals surface area contributed by atoms with Crippen molar-refractivity contribution >= 4 is 40.1 Å². The SMILES string of the molecule is O=C(O)c1cccc2c(=O)cc(-c3ccc(Cl)cc3Cl)[nH]c12. The number of aromatic amines is 1. The van der Waals surface area contributed by atoms with Crippen LogP contribution in [0.4, 0.5) is 0 Å². The molecule has 0 saturated carbocycles. The third-order valence-corrected chi connectivity index (χ3v) is 3.86. The van der Waals surface area contributed by atoms with Gasteiger partial charge in [-0.3, -0.25) is 4.79 Å². The number of rotatable bonds is 2. The predicted octanol–water partition coefficient (Wildman–Crippen LogP) is 4.20. The zero-order valence-corrected chi connectivity index (χ0v) is 12.6. The topological polar surface area (TPSA) is 70.2 Å². The standard InChI is InChI=1S/C16H9Cl2NO3/c17-8-4-5-9(12(18)6-8)13-7-14(20)10-2-1-3-11(16(21)22)15(10)19-13/h1-7H,(H,19,20)(H,21,22). The lowest BCUT2D eigenvalue weighted by atomic mass is 10.1. The van der Waals surface area contributed by atoms with Crippen molar-refractivity contribution in [2.75, 3.05) is 0 Å². The Morgan fingerprint density at radius 3 is 2.55 bits per heavy atom. The van der Waals surface area contributed by atoms with Gasteiger partial charge in [0.05, 0.1) is 21.8 Å². The molecular weight excluding hydrogens is 325 g/mol. The quantitative estimate of drug-likeness (QED) is 0.738. The van der Waals surface area contributed by atoms with Crippen LogP contribution in [0.2, 0.25) is 10.0 Å². The van der Waals surface area contributed by atoms with Gasteiger partial charge in [0.1, 0.15) is 0 Å². The molecule has 110 valence electrons. The Labute approximate surface area is 134 Å². The van der Waals surface area contributed by atoms with Gasteiger partial charge in [-0.05, 0) is 30.3 Å². The molecule has 0 bridgehead atoms. The number of hydrogen-bond donors (Lipinski definition) is 2. The summed E-state index contributed by atoms with van der Waals surface area (Å²) in [4.78, 5) is 26.5. The molecule has 0 atom stereocenters. The van der Waals surface area contributed by atoms with Gasteiger partial charge in [-0.1, -0.05) is 29.3 Å². The molecule has 1 heterocycles. The lowest BCUT2D eigenvalue weighted by Gasteiger charge is -2.08. The fraction of sp³-hybridized carbons (Fsp3) is 0. The van der Waals surface area contributed by atoms with Gasteiger partial charge in [0, 0.05) is 22.0 Å². The molecule has 22 heavy (non-hydrogen) atoms. The molecule has 0 aliphatic carbocycles. The van der Waals surface area contributed by atoms with Crippen molar-refractivity contribution in [1.82, 2.24) is 4.98 Å². The van der Waals surface area contributed by atoms with Crippen molar-refractivity contribution in [3.8, 4) is 11.3 Å². The Kier molecular flexibility index (Phi) is 3.64. The summed E-state index contributed by atoms with van der Waals surface area (Å²) < 4.78 is 0. The largest absolute Gasteiger partial charge is 0.478 e. The first-order chi connectivity index (χ1) is 10.5. The van der Waals surface area contributed by atoms with Crippen LogP contribution in [-0.4, -0.2) is 16.1 Å². The van der Waals surface area contributed by atoms with Crippen LogP contribution in [0.1, 0.15) is 10.4 Å². The summed E-state index contributed by atoms with van der Waals surface area (Å²) in [5.41, 5.74) is 1.03. The van der Waals surface area contributed by atoms with Gasteiger partial charge in [0.2, 0.25) is 0 Å². The van der Waals surface area contributed by atoms with Gasteiger partial charge in [-0.2, -0.15) is 0 Å². The molecule has 0 amide bonds. The van der Waals surface area contributed by atoms with Crippen LogP contribution in [0.25, 0.3) is 22.2 Å². The molecular formula is C16H9Cl2NO3. The smallest absolute Gasteiger partial charge is 0.337 e. The third kappa shape index (κ3) is 2.47. The van der Waals surface area contributed by atoms with Crippen molar-refractivity contribution in [1.29, 1.82) is 0 Å². The zero-order chi connectivity index (χ0) is 15.9. The Hall–Kier alpha value is -2.30. The number of halogens is 2. The third-order valence-electron chi connectivity index (χ3n) is 3.32. The number of aromatic nitrogens is 1. The van der Waals surface area contributed by atoms with Crippen LogP contribution in [0.5, 0.6) is 0 Å². The molecule has 0 aliphatic rings. The number of fused-ring (bicyclic) bond motifs is 1. The maximum absolute atomic E-state index is 12.2. The first-order valence-electron chi connectivity index (χ1n) is 6.32. The molecule has 3 aromatic rings. The number of carboxylic acid groups (broad SMARTS) is 1. The van der Waals surface area contributed by atoms with E-state index >= 15 is 0 Å². The zero-order valence-electron chi connectivity index (χ0n) is 11.1. The second-order valence-corrected chi connectivity index (χ2v) is 5.55. The lowest BCUT2D eigenvalue weighted by molar-refractivity contribution is 0.0699. The Bertz CT molecular complexity index is 963. The van der Waals surface area contributed by atoms with Crippen LogP contribution in [0.15, 0.2) is 47.3 Å². The fourth-order valence-corrected chi connectivity index (χ4v) is 2.81. The maximum Gasteiger partial charge on any atom is 0.337 e. The van der Waals surface area contributed by atoms with Gasteiger partial charge in [0.15, 0.2) is 5.43 Å². The van der Waals surface area contributed by atoms with Gasteiger partial charge in [0.25, 0.3) is 0 Å². The number of pyridine rings is 1. The van der Waals surface area contributed by atoms with Crippen molar-refractivity contribution in [2.24, 2.45) is 0 Å². The average molecular weight is 334 g/mol. The highest BCUT2D eigenvalue weighted by atomic mass is 35.5. The van der Waals surface area contributed by atoms with Gasteiger partial charge < -0.3 is 10.1 Å². The Morgan fingerprint density at radius 2 is 1.86 bits per heavy atom. The summed E-state index contributed by atoms with van der Waals surface area (Å²) >= 11 is 12.0. The van der Waals surface area contributed by atoms with Crippen molar-refractivity contribution < 1.29 is 9.90 Å². The molecule has 0 unspecified atom stereocenters. The number of para-hydroxylation sites is 1. The minimum atomic E-state index is -1.11. The Balaban J connectivity index is 2.35. The van der Waals surface area contributed by atoms with E-state index in [1.165, 1.54) is 18.2 Å². The molecule has 3 rings (SSSR count). The van der Waals surface area contributed by atoms with Crippen LogP contribution >= 0.6 is 23.2 Å². The Morgan fingerprint density at radius 1 is 1.09 bits per heavy atom. The van der Waals surface area contributed by atoms with E-state index in [0.717, 1.165) is 0 Å².